The van der Waals surface area contributed by atoms with E-state index in [9.17, 15) is 43.2 Å². The monoisotopic (exact) mass is 1450 g/mol. The molecule has 0 aromatic heterocycles. The zero-order chi connectivity index (χ0) is 72.8. The highest BCUT2D eigenvalue weighted by atomic mass is 31.2. The second kappa shape index (κ2) is 71.7. The molecule has 0 spiro atoms. The van der Waals surface area contributed by atoms with Crippen LogP contribution >= 0.6 is 15.6 Å². The number of aliphatic hydroxyl groups excluding tert-OH is 1. The Hall–Kier alpha value is -1.94. The van der Waals surface area contributed by atoms with Crippen molar-refractivity contribution >= 4 is 39.5 Å². The molecule has 0 aromatic rings. The minimum Gasteiger partial charge on any atom is -0.462 e. The standard InChI is InChI=1S/C80H156O17P2/c1-7-10-12-14-16-18-20-21-22-23-27-30-33-36-40-44-51-57-63-78(83)90-68-75(96-79(84)64-58-52-45-41-37-34-31-28-25-24-26-29-32-35-38-42-48-54-60-72(4)5)70-94-98(86,87)92-66-74(81)67-93-99(88,89)95-71-76(97-80(85)65-59-53-47-46-49-55-61-73(6)9-3)69-91-77(82)62-56-50-43-39-19-17-15-13-11-8-2/h72-76,81H,7-71H2,1-6H3,(H,86,87)(H,88,89)/t73?,74-,75-,76-/m1/s1. The normalized spacial score (nSPS) is 14.2. The molecule has 0 radical (unpaired) electrons. The fourth-order valence-electron chi connectivity index (χ4n) is 12.3. The van der Waals surface area contributed by atoms with Crippen LogP contribution in [-0.4, -0.2) is 96.7 Å². The molecule has 0 saturated heterocycles. The highest BCUT2D eigenvalue weighted by Crippen LogP contribution is 2.45. The van der Waals surface area contributed by atoms with E-state index in [1.54, 1.807) is 0 Å². The van der Waals surface area contributed by atoms with E-state index in [4.69, 9.17) is 37.0 Å². The van der Waals surface area contributed by atoms with Gasteiger partial charge in [-0.3, -0.25) is 37.3 Å². The fourth-order valence-corrected chi connectivity index (χ4v) is 13.9. The van der Waals surface area contributed by atoms with E-state index < -0.39 is 97.5 Å². The van der Waals surface area contributed by atoms with Crippen LogP contribution < -0.4 is 0 Å². The van der Waals surface area contributed by atoms with Crippen molar-refractivity contribution in [1.82, 2.24) is 0 Å². The first-order chi connectivity index (χ1) is 47.9. The summed E-state index contributed by atoms with van der Waals surface area (Å²) in [4.78, 5) is 72.9. The average Bonchev–Trinajstić information content (AvgIpc) is 1.21. The number of hydrogen-bond donors (Lipinski definition) is 3. The van der Waals surface area contributed by atoms with E-state index in [2.05, 4.69) is 41.5 Å². The van der Waals surface area contributed by atoms with Crippen LogP contribution in [0.4, 0.5) is 0 Å². The molecule has 6 atom stereocenters. The van der Waals surface area contributed by atoms with E-state index >= 15 is 0 Å². The number of unbranched alkanes of at least 4 members (excludes halogenated alkanes) is 48. The molecule has 17 nitrogen and oxygen atoms in total. The van der Waals surface area contributed by atoms with Gasteiger partial charge in [0, 0.05) is 25.7 Å². The average molecular weight is 1450 g/mol. The summed E-state index contributed by atoms with van der Waals surface area (Å²) in [6, 6.07) is 0. The fraction of sp³-hybridized carbons (Fsp3) is 0.950. The molecular weight excluding hydrogens is 1290 g/mol. The smallest absolute Gasteiger partial charge is 0.462 e. The Morgan fingerprint density at radius 3 is 0.768 bits per heavy atom. The molecule has 0 aliphatic heterocycles. The highest BCUT2D eigenvalue weighted by Gasteiger charge is 2.30. The number of hydrogen-bond acceptors (Lipinski definition) is 15. The Labute approximate surface area is 607 Å². The van der Waals surface area contributed by atoms with Crippen molar-refractivity contribution < 1.29 is 80.2 Å². The van der Waals surface area contributed by atoms with Gasteiger partial charge in [-0.2, -0.15) is 0 Å². The SMILES string of the molecule is CCCCCCCCCCCCCCCCCCCCC(=O)OC[C@H](COP(=O)(O)OC[C@@H](O)COP(=O)(O)OC[C@@H](COC(=O)CCCCCCCCCCCC)OC(=O)CCCCCCCCC(C)CC)OC(=O)CCCCCCCCCCCCCCCCCCCCC(C)C. The molecule has 588 valence electrons. The van der Waals surface area contributed by atoms with Crippen molar-refractivity contribution in [3.8, 4) is 0 Å². The van der Waals surface area contributed by atoms with Crippen LogP contribution in [0, 0.1) is 11.8 Å². The van der Waals surface area contributed by atoms with Crippen LogP contribution in [0.25, 0.3) is 0 Å². The largest absolute Gasteiger partial charge is 0.472 e. The summed E-state index contributed by atoms with van der Waals surface area (Å²) in [5, 5.41) is 10.6. The van der Waals surface area contributed by atoms with Crippen molar-refractivity contribution in [1.29, 1.82) is 0 Å². The number of esters is 4. The number of carbonyl (C=O) groups excluding carboxylic acids is 4. The van der Waals surface area contributed by atoms with Gasteiger partial charge in [0.2, 0.25) is 0 Å². The Kier molecular flexibility index (Phi) is 70.3. The van der Waals surface area contributed by atoms with Crippen LogP contribution in [-0.2, 0) is 65.4 Å². The summed E-state index contributed by atoms with van der Waals surface area (Å²) >= 11 is 0. The minimum absolute atomic E-state index is 0.103. The van der Waals surface area contributed by atoms with Gasteiger partial charge in [-0.05, 0) is 37.5 Å². The lowest BCUT2D eigenvalue weighted by atomic mass is 10.00. The first kappa shape index (κ1) is 97.1. The van der Waals surface area contributed by atoms with E-state index in [0.29, 0.717) is 25.7 Å². The third kappa shape index (κ3) is 72.8. The summed E-state index contributed by atoms with van der Waals surface area (Å²) in [5.74, 6) is -0.573. The molecule has 0 heterocycles. The molecule has 0 rings (SSSR count). The zero-order valence-electron chi connectivity index (χ0n) is 64.8. The molecular formula is C80H156O17P2. The molecule has 0 saturated carbocycles. The number of phosphoric acid groups is 2. The lowest BCUT2D eigenvalue weighted by Gasteiger charge is -2.21. The van der Waals surface area contributed by atoms with Crippen LogP contribution in [0.15, 0.2) is 0 Å². The number of aliphatic hydroxyl groups is 1. The molecule has 0 bridgehead atoms. The van der Waals surface area contributed by atoms with Crippen LogP contribution in [0.2, 0.25) is 0 Å². The predicted octanol–water partition coefficient (Wildman–Crippen LogP) is 23.9. The van der Waals surface area contributed by atoms with Gasteiger partial charge >= 0.3 is 39.5 Å². The molecule has 0 aliphatic rings. The lowest BCUT2D eigenvalue weighted by Crippen LogP contribution is -2.30. The topological polar surface area (TPSA) is 237 Å². The third-order valence-electron chi connectivity index (χ3n) is 19.1. The van der Waals surface area contributed by atoms with Gasteiger partial charge in [-0.1, -0.05) is 369 Å². The second-order valence-corrected chi connectivity index (χ2v) is 32.4. The van der Waals surface area contributed by atoms with E-state index in [0.717, 1.165) is 102 Å². The molecule has 0 fully saturated rings. The first-order valence-corrected chi connectivity index (χ1v) is 44.5. The zero-order valence-corrected chi connectivity index (χ0v) is 66.6. The van der Waals surface area contributed by atoms with Crippen molar-refractivity contribution in [2.45, 2.75) is 439 Å². The molecule has 0 amide bonds. The van der Waals surface area contributed by atoms with Gasteiger partial charge in [0.05, 0.1) is 26.4 Å². The van der Waals surface area contributed by atoms with Gasteiger partial charge in [0.15, 0.2) is 12.2 Å². The quantitative estimate of drug-likeness (QED) is 0.0222. The van der Waals surface area contributed by atoms with Crippen LogP contribution in [0.5, 0.6) is 0 Å². The Balaban J connectivity index is 5.19. The van der Waals surface area contributed by atoms with Crippen LogP contribution in [0.1, 0.15) is 420 Å². The van der Waals surface area contributed by atoms with Gasteiger partial charge in [0.1, 0.15) is 19.3 Å². The van der Waals surface area contributed by atoms with Gasteiger partial charge < -0.3 is 33.8 Å². The van der Waals surface area contributed by atoms with E-state index in [1.807, 2.05) is 0 Å². The Bertz CT molecular complexity index is 1910. The van der Waals surface area contributed by atoms with Gasteiger partial charge in [-0.15, -0.1) is 0 Å². The van der Waals surface area contributed by atoms with Crippen molar-refractivity contribution in [3.63, 3.8) is 0 Å². The summed E-state index contributed by atoms with van der Waals surface area (Å²) in [6.07, 6.45) is 61.2. The minimum atomic E-state index is -4.96. The van der Waals surface area contributed by atoms with E-state index in [-0.39, 0.29) is 25.7 Å². The van der Waals surface area contributed by atoms with E-state index in [1.165, 1.54) is 238 Å². The molecule has 99 heavy (non-hydrogen) atoms. The Morgan fingerprint density at radius 2 is 0.515 bits per heavy atom. The molecule has 3 unspecified atom stereocenters. The predicted molar refractivity (Wildman–Crippen MR) is 405 cm³/mol. The summed E-state index contributed by atoms with van der Waals surface area (Å²) in [6.45, 7) is 9.60. The second-order valence-electron chi connectivity index (χ2n) is 29.5. The maximum Gasteiger partial charge on any atom is 0.472 e. The van der Waals surface area contributed by atoms with Crippen LogP contribution in [0.3, 0.4) is 0 Å². The van der Waals surface area contributed by atoms with Crippen molar-refractivity contribution in [3.05, 3.63) is 0 Å². The van der Waals surface area contributed by atoms with Crippen molar-refractivity contribution in [2.24, 2.45) is 11.8 Å². The molecule has 3 N–H and O–H groups in total. The molecule has 19 heteroatoms. The third-order valence-corrected chi connectivity index (χ3v) is 21.0. The van der Waals surface area contributed by atoms with Gasteiger partial charge in [0.25, 0.3) is 0 Å². The molecule has 0 aliphatic carbocycles. The number of phosphoric ester groups is 2. The van der Waals surface area contributed by atoms with Crippen molar-refractivity contribution in [2.75, 3.05) is 39.6 Å². The maximum absolute atomic E-state index is 13.1. The summed E-state index contributed by atoms with van der Waals surface area (Å²) in [5.41, 5.74) is 0. The highest BCUT2D eigenvalue weighted by molar-refractivity contribution is 7.47. The lowest BCUT2D eigenvalue weighted by molar-refractivity contribution is -0.161. The Morgan fingerprint density at radius 1 is 0.293 bits per heavy atom. The van der Waals surface area contributed by atoms with Gasteiger partial charge in [-0.25, -0.2) is 9.13 Å². The molecule has 0 aromatic carbocycles. The number of carbonyl (C=O) groups is 4. The first-order valence-electron chi connectivity index (χ1n) is 41.5. The summed E-state index contributed by atoms with van der Waals surface area (Å²) in [7, 11) is -9.91. The number of ether oxygens (including phenoxy) is 4. The summed E-state index contributed by atoms with van der Waals surface area (Å²) < 4.78 is 68.6. The maximum atomic E-state index is 13.1. The number of rotatable bonds is 79.